The van der Waals surface area contributed by atoms with Gasteiger partial charge in [0.05, 0.1) is 16.3 Å². The van der Waals surface area contributed by atoms with Crippen molar-refractivity contribution in [3.05, 3.63) is 87.2 Å². The molecule has 0 unspecified atom stereocenters. The number of fused-ring (bicyclic) bond motifs is 2. The zero-order valence-corrected chi connectivity index (χ0v) is 21.5. The number of hydrogen-bond acceptors (Lipinski definition) is 5. The number of anilines is 2. The molecule has 2 heterocycles. The average molecular weight is 544 g/mol. The minimum absolute atomic E-state index is 0.108. The van der Waals surface area contributed by atoms with Crippen molar-refractivity contribution in [2.75, 3.05) is 11.4 Å². The van der Waals surface area contributed by atoms with E-state index < -0.39 is 0 Å². The van der Waals surface area contributed by atoms with Crippen LogP contribution >= 0.6 is 58.9 Å². The number of halogens is 2. The maximum atomic E-state index is 13.5. The number of nitrogens with zero attached hydrogens (tertiary/aromatic N) is 2. The Morgan fingerprint density at radius 2 is 1.68 bits per heavy atom. The van der Waals surface area contributed by atoms with E-state index in [1.54, 1.807) is 34.9 Å². The molecule has 1 saturated heterocycles. The van der Waals surface area contributed by atoms with Crippen LogP contribution in [0, 0.1) is 0 Å². The van der Waals surface area contributed by atoms with Crippen LogP contribution in [0.4, 0.5) is 11.4 Å². The van der Waals surface area contributed by atoms with Gasteiger partial charge in [0.1, 0.15) is 4.32 Å². The molecule has 0 aromatic heterocycles. The van der Waals surface area contributed by atoms with Crippen molar-refractivity contribution in [3.63, 3.8) is 0 Å². The van der Waals surface area contributed by atoms with Crippen LogP contribution in [0.1, 0.15) is 12.0 Å². The van der Waals surface area contributed by atoms with Gasteiger partial charge in [-0.15, -0.1) is 0 Å². The van der Waals surface area contributed by atoms with Gasteiger partial charge in [-0.25, -0.2) is 0 Å². The summed E-state index contributed by atoms with van der Waals surface area (Å²) in [4.78, 5) is 32.1. The van der Waals surface area contributed by atoms with Gasteiger partial charge in [0, 0.05) is 32.8 Å². The van der Waals surface area contributed by atoms with Crippen molar-refractivity contribution < 1.29 is 9.59 Å². The summed E-state index contributed by atoms with van der Waals surface area (Å²) in [5.41, 5.74) is 2.29. The lowest BCUT2D eigenvalue weighted by molar-refractivity contribution is -0.123. The number of benzene rings is 3. The van der Waals surface area contributed by atoms with Crippen LogP contribution in [-0.2, 0) is 9.59 Å². The summed E-state index contributed by atoms with van der Waals surface area (Å²) in [6, 6.07) is 20.6. The first-order valence-corrected chi connectivity index (χ1v) is 13.1. The maximum Gasteiger partial charge on any atom is 0.266 e. The summed E-state index contributed by atoms with van der Waals surface area (Å²) in [6.45, 7) is 0.186. The summed E-state index contributed by atoms with van der Waals surface area (Å²) in [5.74, 6) is -0.360. The van der Waals surface area contributed by atoms with E-state index in [4.69, 9.17) is 35.4 Å². The third kappa shape index (κ3) is 4.51. The normalized spacial score (nSPS) is 16.1. The van der Waals surface area contributed by atoms with Gasteiger partial charge in [0.25, 0.3) is 5.91 Å². The molecule has 2 aliphatic rings. The summed E-state index contributed by atoms with van der Waals surface area (Å²) >= 11 is 20.7. The Labute approximate surface area is 220 Å². The van der Waals surface area contributed by atoms with Crippen molar-refractivity contribution in [2.45, 2.75) is 16.2 Å². The van der Waals surface area contributed by atoms with Crippen molar-refractivity contribution in [1.82, 2.24) is 4.90 Å². The van der Waals surface area contributed by atoms with Crippen molar-refractivity contribution in [1.29, 1.82) is 0 Å². The molecule has 9 heteroatoms. The summed E-state index contributed by atoms with van der Waals surface area (Å²) in [6.07, 6.45) is 1.84. The number of amides is 2. The second kappa shape index (κ2) is 9.76. The second-order valence-corrected chi connectivity index (χ2v) is 11.1. The minimum Gasteiger partial charge on any atom is -0.292 e. The second-order valence-electron chi connectivity index (χ2n) is 7.52. The molecule has 0 bridgehead atoms. The highest BCUT2D eigenvalue weighted by Gasteiger charge is 2.34. The topological polar surface area (TPSA) is 40.6 Å². The molecule has 0 aliphatic carbocycles. The standard InChI is InChI=1S/C25H16Cl2N2O2S3/c26-16-9-10-21-19(14-16)29(18-7-3-4-8-20(18)33-21)23(30)11-12-28-24(31)22(34-25(28)32)13-15-5-1-2-6-17(15)27/h1-10,13-14H,11-12H2. The molecule has 2 aliphatic heterocycles. The van der Waals surface area contributed by atoms with Gasteiger partial charge in [0.15, 0.2) is 0 Å². The fourth-order valence-electron chi connectivity index (χ4n) is 3.74. The molecule has 2 amide bonds. The molecule has 1 fully saturated rings. The summed E-state index contributed by atoms with van der Waals surface area (Å²) in [7, 11) is 0. The van der Waals surface area contributed by atoms with Crippen LogP contribution < -0.4 is 4.90 Å². The van der Waals surface area contributed by atoms with Gasteiger partial charge in [-0.05, 0) is 48.0 Å². The quantitative estimate of drug-likeness (QED) is 0.253. The van der Waals surface area contributed by atoms with Gasteiger partial charge in [-0.2, -0.15) is 0 Å². The molecule has 0 saturated carbocycles. The number of thioether (sulfide) groups is 1. The number of thiocarbonyl (C=S) groups is 1. The number of para-hydroxylation sites is 1. The molecule has 0 spiro atoms. The molecular weight excluding hydrogens is 527 g/mol. The Morgan fingerprint density at radius 3 is 2.50 bits per heavy atom. The van der Waals surface area contributed by atoms with E-state index in [1.807, 2.05) is 54.6 Å². The first-order chi connectivity index (χ1) is 16.4. The summed E-state index contributed by atoms with van der Waals surface area (Å²) in [5, 5.41) is 1.11. The highest BCUT2D eigenvalue weighted by molar-refractivity contribution is 8.26. The first kappa shape index (κ1) is 23.5. The maximum absolute atomic E-state index is 13.5. The SMILES string of the molecule is O=C1C(=Cc2ccccc2Cl)SC(=S)N1CCC(=O)N1c2ccccc2Sc2ccc(Cl)cc21. The van der Waals surface area contributed by atoms with E-state index in [2.05, 4.69) is 0 Å². The Hall–Kier alpha value is -2.29. The molecule has 34 heavy (non-hydrogen) atoms. The fraction of sp³-hybridized carbons (Fsp3) is 0.0800. The van der Waals surface area contributed by atoms with E-state index in [0.717, 1.165) is 26.7 Å². The zero-order valence-electron chi connectivity index (χ0n) is 17.5. The van der Waals surface area contributed by atoms with Crippen LogP contribution in [0.15, 0.2) is 81.4 Å². The van der Waals surface area contributed by atoms with Crippen LogP contribution in [0.25, 0.3) is 6.08 Å². The number of carbonyl (C=O) groups excluding carboxylic acids is 2. The predicted molar refractivity (Wildman–Crippen MR) is 145 cm³/mol. The van der Waals surface area contributed by atoms with Gasteiger partial charge < -0.3 is 0 Å². The van der Waals surface area contributed by atoms with Gasteiger partial charge >= 0.3 is 0 Å². The largest absolute Gasteiger partial charge is 0.292 e. The number of carbonyl (C=O) groups is 2. The monoisotopic (exact) mass is 542 g/mol. The average Bonchev–Trinajstić information content (AvgIpc) is 3.09. The molecule has 5 rings (SSSR count). The van der Waals surface area contributed by atoms with Crippen molar-refractivity contribution in [3.8, 4) is 0 Å². The van der Waals surface area contributed by atoms with Crippen LogP contribution in [-0.4, -0.2) is 27.6 Å². The van der Waals surface area contributed by atoms with Gasteiger partial charge in [-0.3, -0.25) is 19.4 Å². The molecular formula is C25H16Cl2N2O2S3. The Bertz CT molecular complexity index is 1380. The van der Waals surface area contributed by atoms with E-state index in [1.165, 1.54) is 16.7 Å². The third-order valence-electron chi connectivity index (χ3n) is 5.35. The smallest absolute Gasteiger partial charge is 0.266 e. The molecule has 4 nitrogen and oxygen atoms in total. The zero-order chi connectivity index (χ0) is 23.8. The molecule has 3 aromatic rings. The van der Waals surface area contributed by atoms with Crippen LogP contribution in [0.5, 0.6) is 0 Å². The van der Waals surface area contributed by atoms with Crippen LogP contribution in [0.2, 0.25) is 10.0 Å². The van der Waals surface area contributed by atoms with E-state index in [-0.39, 0.29) is 24.8 Å². The lowest BCUT2D eigenvalue weighted by Gasteiger charge is -2.31. The van der Waals surface area contributed by atoms with Gasteiger partial charge in [-0.1, -0.05) is 89.3 Å². The lowest BCUT2D eigenvalue weighted by Crippen LogP contribution is -2.35. The Morgan fingerprint density at radius 1 is 0.941 bits per heavy atom. The van der Waals surface area contributed by atoms with E-state index in [0.29, 0.717) is 19.3 Å². The third-order valence-corrected chi connectivity index (χ3v) is 8.44. The summed E-state index contributed by atoms with van der Waals surface area (Å²) < 4.78 is 0.425. The van der Waals surface area contributed by atoms with Crippen LogP contribution in [0.3, 0.4) is 0 Å². The fourth-order valence-corrected chi connectivity index (χ4v) is 6.44. The molecule has 0 atom stereocenters. The molecule has 3 aromatic carbocycles. The first-order valence-electron chi connectivity index (χ1n) is 10.3. The number of rotatable bonds is 4. The van der Waals surface area contributed by atoms with E-state index >= 15 is 0 Å². The highest BCUT2D eigenvalue weighted by Crippen LogP contribution is 2.49. The van der Waals surface area contributed by atoms with E-state index in [9.17, 15) is 9.59 Å². The highest BCUT2D eigenvalue weighted by atomic mass is 35.5. The predicted octanol–water partition coefficient (Wildman–Crippen LogP) is 7.41. The minimum atomic E-state index is -0.222. The van der Waals surface area contributed by atoms with Crippen molar-refractivity contribution in [2.24, 2.45) is 0 Å². The van der Waals surface area contributed by atoms with Crippen molar-refractivity contribution >= 4 is 92.5 Å². The lowest BCUT2D eigenvalue weighted by atomic mass is 10.2. The van der Waals surface area contributed by atoms with Gasteiger partial charge in [0.2, 0.25) is 5.91 Å². The molecule has 0 radical (unpaired) electrons. The molecule has 170 valence electrons. The Balaban J connectivity index is 1.37. The number of hydrogen-bond donors (Lipinski definition) is 0. The Kier molecular flexibility index (Phi) is 6.73. The molecule has 0 N–H and O–H groups in total.